The van der Waals surface area contributed by atoms with Gasteiger partial charge in [0.1, 0.15) is 11.3 Å². The molecule has 0 atom stereocenters. The van der Waals surface area contributed by atoms with E-state index in [0.29, 0.717) is 0 Å². The number of halogens is 1. The maximum atomic E-state index is 5.74. The van der Waals surface area contributed by atoms with Crippen molar-refractivity contribution in [1.29, 1.82) is 0 Å². The van der Waals surface area contributed by atoms with Crippen molar-refractivity contribution < 1.29 is 4.42 Å². The van der Waals surface area contributed by atoms with E-state index in [2.05, 4.69) is 33.4 Å². The molecule has 1 aromatic carbocycles. The highest BCUT2D eigenvalue weighted by Gasteiger charge is 2.03. The molecule has 1 heterocycles. The molecule has 0 radical (unpaired) electrons. The molecule has 0 aliphatic heterocycles. The molecule has 1 aromatic heterocycles. The molecule has 0 bridgehead atoms. The van der Waals surface area contributed by atoms with Crippen LogP contribution in [0.15, 0.2) is 33.2 Å². The van der Waals surface area contributed by atoms with Gasteiger partial charge in [-0.3, -0.25) is 0 Å². The molecular weight excluding hydrogens is 254 g/mol. The van der Waals surface area contributed by atoms with Gasteiger partial charge in [-0.25, -0.2) is 0 Å². The predicted molar refractivity (Wildman–Crippen MR) is 66.2 cm³/mol. The molecule has 3 heteroatoms. The third-order valence-corrected chi connectivity index (χ3v) is 2.88. The summed E-state index contributed by atoms with van der Waals surface area (Å²) in [5.74, 6) is 1.07. The van der Waals surface area contributed by atoms with E-state index in [0.717, 1.165) is 35.2 Å². The molecular formula is C12H14BrNO. The Morgan fingerprint density at radius 2 is 2.20 bits per heavy atom. The first-order valence-electron chi connectivity index (χ1n) is 5.12. The van der Waals surface area contributed by atoms with E-state index in [1.54, 1.807) is 0 Å². The Labute approximate surface area is 97.8 Å². The summed E-state index contributed by atoms with van der Waals surface area (Å²) >= 11 is 3.44. The van der Waals surface area contributed by atoms with Crippen molar-refractivity contribution in [2.24, 2.45) is 0 Å². The van der Waals surface area contributed by atoms with Crippen LogP contribution < -0.4 is 5.32 Å². The lowest BCUT2D eigenvalue weighted by molar-refractivity contribution is 0.534. The monoisotopic (exact) mass is 267 g/mol. The number of furan rings is 1. The molecule has 15 heavy (non-hydrogen) atoms. The van der Waals surface area contributed by atoms with Gasteiger partial charge < -0.3 is 9.73 Å². The first-order chi connectivity index (χ1) is 7.29. The number of hydrogen-bond acceptors (Lipinski definition) is 2. The highest BCUT2D eigenvalue weighted by molar-refractivity contribution is 9.10. The van der Waals surface area contributed by atoms with Gasteiger partial charge in [-0.2, -0.15) is 0 Å². The highest BCUT2D eigenvalue weighted by atomic mass is 79.9. The Morgan fingerprint density at radius 3 is 3.00 bits per heavy atom. The molecule has 0 saturated carbocycles. The lowest BCUT2D eigenvalue weighted by Gasteiger charge is -1.95. The van der Waals surface area contributed by atoms with Crippen molar-refractivity contribution in [2.45, 2.75) is 12.8 Å². The number of rotatable bonds is 4. The van der Waals surface area contributed by atoms with E-state index in [9.17, 15) is 0 Å². The van der Waals surface area contributed by atoms with Crippen LogP contribution in [-0.2, 0) is 6.42 Å². The van der Waals surface area contributed by atoms with Crippen molar-refractivity contribution >= 4 is 26.9 Å². The summed E-state index contributed by atoms with van der Waals surface area (Å²) in [4.78, 5) is 0. The summed E-state index contributed by atoms with van der Waals surface area (Å²) < 4.78 is 6.80. The van der Waals surface area contributed by atoms with Crippen molar-refractivity contribution in [2.75, 3.05) is 13.6 Å². The second-order valence-corrected chi connectivity index (χ2v) is 4.52. The third kappa shape index (κ3) is 2.61. The summed E-state index contributed by atoms with van der Waals surface area (Å²) in [7, 11) is 1.97. The van der Waals surface area contributed by atoms with Gasteiger partial charge in [0.05, 0.1) is 0 Å². The lowest BCUT2D eigenvalue weighted by Crippen LogP contribution is -2.07. The fourth-order valence-corrected chi connectivity index (χ4v) is 1.96. The largest absolute Gasteiger partial charge is 0.461 e. The summed E-state index contributed by atoms with van der Waals surface area (Å²) in [5.41, 5.74) is 0.962. The quantitative estimate of drug-likeness (QED) is 0.860. The van der Waals surface area contributed by atoms with Gasteiger partial charge in [0.15, 0.2) is 0 Å². The maximum absolute atomic E-state index is 5.74. The molecule has 0 aliphatic carbocycles. The molecule has 0 unspecified atom stereocenters. The van der Waals surface area contributed by atoms with E-state index in [4.69, 9.17) is 4.42 Å². The fraction of sp³-hybridized carbons (Fsp3) is 0.333. The predicted octanol–water partition coefficient (Wildman–Crippen LogP) is 3.35. The number of nitrogens with one attached hydrogen (secondary N) is 1. The molecule has 0 saturated heterocycles. The number of fused-ring (bicyclic) bond motifs is 1. The molecule has 0 fully saturated rings. The Balaban J connectivity index is 2.16. The first-order valence-corrected chi connectivity index (χ1v) is 5.91. The molecule has 2 nitrogen and oxygen atoms in total. The van der Waals surface area contributed by atoms with Crippen molar-refractivity contribution in [3.63, 3.8) is 0 Å². The smallest absolute Gasteiger partial charge is 0.135 e. The highest BCUT2D eigenvalue weighted by Crippen LogP contribution is 2.23. The van der Waals surface area contributed by atoms with E-state index >= 15 is 0 Å². The third-order valence-electron chi connectivity index (χ3n) is 2.38. The minimum Gasteiger partial charge on any atom is -0.461 e. The average Bonchev–Trinajstić information content (AvgIpc) is 2.60. The van der Waals surface area contributed by atoms with Gasteiger partial charge in [0.2, 0.25) is 0 Å². The Morgan fingerprint density at radius 1 is 1.33 bits per heavy atom. The zero-order chi connectivity index (χ0) is 10.7. The fourth-order valence-electron chi connectivity index (χ4n) is 1.62. The van der Waals surface area contributed by atoms with Crippen LogP contribution in [0.2, 0.25) is 0 Å². The lowest BCUT2D eigenvalue weighted by atomic mass is 10.2. The van der Waals surface area contributed by atoms with Crippen molar-refractivity contribution in [3.05, 3.63) is 34.5 Å². The van der Waals surface area contributed by atoms with Crippen LogP contribution in [0.4, 0.5) is 0 Å². The van der Waals surface area contributed by atoms with Crippen molar-refractivity contribution in [1.82, 2.24) is 5.32 Å². The van der Waals surface area contributed by atoms with E-state index in [1.807, 2.05) is 19.2 Å². The SMILES string of the molecule is CNCCCc1cc2ccc(Br)cc2o1. The normalized spacial score (nSPS) is 11.1. The zero-order valence-electron chi connectivity index (χ0n) is 8.72. The minimum absolute atomic E-state index is 0.962. The molecule has 0 aliphatic rings. The van der Waals surface area contributed by atoms with Crippen LogP contribution in [0, 0.1) is 0 Å². The topological polar surface area (TPSA) is 25.2 Å². The van der Waals surface area contributed by atoms with Crippen LogP contribution in [-0.4, -0.2) is 13.6 Å². The molecule has 2 rings (SSSR count). The second kappa shape index (κ2) is 4.81. The molecule has 1 N–H and O–H groups in total. The summed E-state index contributed by atoms with van der Waals surface area (Å²) in [6.45, 7) is 1.03. The number of hydrogen-bond donors (Lipinski definition) is 1. The average molecular weight is 268 g/mol. The number of benzene rings is 1. The van der Waals surface area contributed by atoms with Gasteiger partial charge in [-0.15, -0.1) is 0 Å². The number of aryl methyl sites for hydroxylation is 1. The Kier molecular flexibility index (Phi) is 3.44. The summed E-state index contributed by atoms with van der Waals surface area (Å²) in [6.07, 6.45) is 2.10. The van der Waals surface area contributed by atoms with Gasteiger partial charge in [0, 0.05) is 16.3 Å². The van der Waals surface area contributed by atoms with Gasteiger partial charge >= 0.3 is 0 Å². The molecule has 2 aromatic rings. The summed E-state index contributed by atoms with van der Waals surface area (Å²) in [5, 5.41) is 4.31. The van der Waals surface area contributed by atoms with Gasteiger partial charge in [-0.05, 0) is 44.3 Å². The standard InChI is InChI=1S/C12H14BrNO/c1-14-6-2-3-11-7-9-4-5-10(13)8-12(9)15-11/h4-5,7-8,14H,2-3,6H2,1H3. The van der Waals surface area contributed by atoms with Crippen LogP contribution in [0.3, 0.4) is 0 Å². The van der Waals surface area contributed by atoms with Crippen LogP contribution in [0.5, 0.6) is 0 Å². The van der Waals surface area contributed by atoms with E-state index < -0.39 is 0 Å². The molecule has 0 spiro atoms. The first kappa shape index (κ1) is 10.7. The molecule has 0 amide bonds. The molecule has 80 valence electrons. The van der Waals surface area contributed by atoms with Gasteiger partial charge in [0.25, 0.3) is 0 Å². The van der Waals surface area contributed by atoms with Crippen molar-refractivity contribution in [3.8, 4) is 0 Å². The Bertz CT molecular complexity index is 450. The minimum atomic E-state index is 0.962. The summed E-state index contributed by atoms with van der Waals surface area (Å²) in [6, 6.07) is 8.24. The van der Waals surface area contributed by atoms with Crippen LogP contribution in [0.25, 0.3) is 11.0 Å². The van der Waals surface area contributed by atoms with E-state index in [1.165, 1.54) is 5.39 Å². The van der Waals surface area contributed by atoms with Gasteiger partial charge in [-0.1, -0.05) is 15.9 Å². The van der Waals surface area contributed by atoms with Crippen LogP contribution >= 0.6 is 15.9 Å². The maximum Gasteiger partial charge on any atom is 0.135 e. The van der Waals surface area contributed by atoms with E-state index in [-0.39, 0.29) is 0 Å². The van der Waals surface area contributed by atoms with Crippen LogP contribution in [0.1, 0.15) is 12.2 Å². The zero-order valence-corrected chi connectivity index (χ0v) is 10.3. The second-order valence-electron chi connectivity index (χ2n) is 3.60. The Hall–Kier alpha value is -0.800.